The maximum absolute atomic E-state index is 13.4. The van der Waals surface area contributed by atoms with Crippen molar-refractivity contribution in [3.8, 4) is 0 Å². The Morgan fingerprint density at radius 3 is 1.72 bits per heavy atom. The Hall–Kier alpha value is -2.54. The highest BCUT2D eigenvalue weighted by Crippen LogP contribution is 2.45. The van der Waals surface area contributed by atoms with Crippen LogP contribution in [-0.4, -0.2) is 4.21 Å². The average molecular weight is 450 g/mol. The van der Waals surface area contributed by atoms with Crippen LogP contribution < -0.4 is 15.9 Å². The fourth-order valence-corrected chi connectivity index (χ4v) is 7.64. The van der Waals surface area contributed by atoms with Crippen LogP contribution in [0.5, 0.6) is 0 Å². The fourth-order valence-electron chi connectivity index (χ4n) is 3.94. The molecule has 0 aliphatic heterocycles. The molecule has 155 valence electrons. The molecule has 0 spiro atoms. The summed E-state index contributed by atoms with van der Waals surface area (Å²) in [5, 5.41) is 4.74. The van der Waals surface area contributed by atoms with Crippen LogP contribution in [0.15, 0.2) is 120 Å². The summed E-state index contributed by atoms with van der Waals surface area (Å²) in [6.07, 6.45) is 6.09. The van der Waals surface area contributed by atoms with Crippen LogP contribution in [0.25, 0.3) is 0 Å². The Morgan fingerprint density at radius 1 is 0.562 bits per heavy atom. The summed E-state index contributed by atoms with van der Waals surface area (Å²) in [6.45, 7) is 0. The van der Waals surface area contributed by atoms with Crippen LogP contribution in [0.2, 0.25) is 0 Å². The Bertz CT molecular complexity index is 1140. The van der Waals surface area contributed by atoms with Gasteiger partial charge in [-0.1, -0.05) is 103 Å². The van der Waals surface area contributed by atoms with E-state index in [-0.39, 0.29) is 0 Å². The molecule has 4 aromatic rings. The Morgan fingerprint density at radius 2 is 1.09 bits per heavy atom. The maximum atomic E-state index is 13.4. The molecule has 0 unspecified atom stereocenters. The van der Waals surface area contributed by atoms with E-state index in [1.54, 1.807) is 0 Å². The molecule has 0 N–H and O–H groups in total. The Balaban J connectivity index is 1.59. The zero-order chi connectivity index (χ0) is 21.8. The van der Waals surface area contributed by atoms with E-state index in [2.05, 4.69) is 91.3 Å². The molecule has 1 fully saturated rings. The molecule has 32 heavy (non-hydrogen) atoms. The summed E-state index contributed by atoms with van der Waals surface area (Å²) in [6, 6.07) is 39.7. The molecule has 5 radical (unpaired) electrons. The van der Waals surface area contributed by atoms with Crippen LogP contribution in [0.4, 0.5) is 0 Å². The highest BCUT2D eigenvalue weighted by molar-refractivity contribution is 7.88. The summed E-state index contributed by atoms with van der Waals surface area (Å²) in [7, 11) is -1.99. The second-order valence-electron chi connectivity index (χ2n) is 7.41. The third kappa shape index (κ3) is 4.35. The molecule has 1 saturated carbocycles. The normalized spacial score (nSPS) is 15.8. The summed E-state index contributed by atoms with van der Waals surface area (Å²) in [5.74, 6) is 1.04. The first-order valence-corrected chi connectivity index (χ1v) is 13.0. The van der Waals surface area contributed by atoms with Gasteiger partial charge in [-0.05, 0) is 60.8 Å². The van der Waals surface area contributed by atoms with E-state index in [4.69, 9.17) is 0 Å². The zero-order valence-corrected chi connectivity index (χ0v) is 19.2. The molecule has 1 atom stereocenters. The van der Waals surface area contributed by atoms with Crippen molar-refractivity contribution in [3.63, 3.8) is 0 Å². The van der Waals surface area contributed by atoms with Crippen molar-refractivity contribution >= 4 is 34.6 Å². The summed E-state index contributed by atoms with van der Waals surface area (Å²) in [5.41, 5.74) is 1.15. The molecular formula is C29H22OPS. The highest BCUT2D eigenvalue weighted by atomic mass is 32.2. The molecule has 1 aliphatic carbocycles. The minimum atomic E-state index is -1.23. The van der Waals surface area contributed by atoms with Gasteiger partial charge in [0.15, 0.2) is 0 Å². The van der Waals surface area contributed by atoms with Crippen molar-refractivity contribution in [3.05, 3.63) is 151 Å². The minimum Gasteiger partial charge on any atom is -0.254 e. The quantitative estimate of drug-likeness (QED) is 0.364. The molecule has 0 heterocycles. The third-order valence-electron chi connectivity index (χ3n) is 5.40. The SMILES string of the molecule is O=[S@@]([C]1[CH][CH][CH][C]1c1ccccc1P(c1ccccc1)c1ccccc1)c1ccccc1. The van der Waals surface area contributed by atoms with Gasteiger partial charge in [0.2, 0.25) is 0 Å². The lowest BCUT2D eigenvalue weighted by Gasteiger charge is -2.26. The van der Waals surface area contributed by atoms with Gasteiger partial charge in [-0.2, -0.15) is 0 Å². The summed E-state index contributed by atoms with van der Waals surface area (Å²) in [4.78, 5) is 0.825. The van der Waals surface area contributed by atoms with Crippen molar-refractivity contribution in [1.29, 1.82) is 0 Å². The second-order valence-corrected chi connectivity index (χ2v) is 11.0. The lowest BCUT2D eigenvalue weighted by Crippen LogP contribution is -2.26. The first-order valence-electron chi connectivity index (χ1n) is 10.5. The van der Waals surface area contributed by atoms with Crippen molar-refractivity contribution in [2.45, 2.75) is 4.90 Å². The van der Waals surface area contributed by atoms with E-state index in [1.165, 1.54) is 15.9 Å². The molecule has 1 aliphatic rings. The molecule has 0 saturated heterocycles. The number of hydrogen-bond acceptors (Lipinski definition) is 1. The van der Waals surface area contributed by atoms with E-state index in [0.29, 0.717) is 0 Å². The first-order chi connectivity index (χ1) is 15.8. The number of hydrogen-bond donors (Lipinski definition) is 0. The van der Waals surface area contributed by atoms with Crippen molar-refractivity contribution in [2.24, 2.45) is 0 Å². The van der Waals surface area contributed by atoms with Gasteiger partial charge in [0, 0.05) is 10.8 Å². The molecule has 0 aromatic heterocycles. The Labute approximate surface area is 194 Å². The van der Waals surface area contributed by atoms with Gasteiger partial charge in [-0.15, -0.1) is 0 Å². The van der Waals surface area contributed by atoms with Crippen molar-refractivity contribution in [1.82, 2.24) is 0 Å². The van der Waals surface area contributed by atoms with E-state index in [0.717, 1.165) is 21.6 Å². The standard InChI is InChI=1S/C29H22OPS/c30-32(25-17-8-3-9-18-25)29-22-12-20-27(29)26-19-10-11-21-28(26)31(23-13-4-1-5-14-23)24-15-6-2-7-16-24/h1-22H/t32-/m1/s1. The molecule has 4 aromatic carbocycles. The molecule has 5 rings (SSSR count). The van der Waals surface area contributed by atoms with E-state index < -0.39 is 18.7 Å². The van der Waals surface area contributed by atoms with Gasteiger partial charge in [0.25, 0.3) is 0 Å². The monoisotopic (exact) mass is 449 g/mol. The topological polar surface area (TPSA) is 17.1 Å². The van der Waals surface area contributed by atoms with E-state index in [1.807, 2.05) is 43.2 Å². The van der Waals surface area contributed by atoms with Gasteiger partial charge >= 0.3 is 0 Å². The molecule has 0 amide bonds. The maximum Gasteiger partial charge on any atom is 0.0835 e. The summed E-state index contributed by atoms with van der Waals surface area (Å²) >= 11 is 0. The minimum absolute atomic E-state index is 0.756. The number of benzene rings is 4. The van der Waals surface area contributed by atoms with Gasteiger partial charge in [-0.3, -0.25) is 4.21 Å². The summed E-state index contributed by atoms with van der Waals surface area (Å²) < 4.78 is 13.4. The van der Waals surface area contributed by atoms with Crippen LogP contribution >= 0.6 is 7.92 Å². The van der Waals surface area contributed by atoms with E-state index >= 15 is 0 Å². The predicted molar refractivity (Wildman–Crippen MR) is 136 cm³/mol. The average Bonchev–Trinajstić information content (AvgIpc) is 3.36. The number of rotatable bonds is 6. The van der Waals surface area contributed by atoms with E-state index in [9.17, 15) is 4.21 Å². The van der Waals surface area contributed by atoms with Gasteiger partial charge in [-0.25, -0.2) is 0 Å². The van der Waals surface area contributed by atoms with Gasteiger partial charge in [0.05, 0.1) is 16.0 Å². The lowest BCUT2D eigenvalue weighted by molar-refractivity contribution is 0.684. The highest BCUT2D eigenvalue weighted by Gasteiger charge is 2.38. The van der Waals surface area contributed by atoms with Gasteiger partial charge < -0.3 is 0 Å². The van der Waals surface area contributed by atoms with Crippen LogP contribution in [0.1, 0.15) is 5.56 Å². The van der Waals surface area contributed by atoms with Crippen molar-refractivity contribution < 1.29 is 4.21 Å². The van der Waals surface area contributed by atoms with Crippen LogP contribution in [0.3, 0.4) is 0 Å². The lowest BCUT2D eigenvalue weighted by atomic mass is 9.97. The fraction of sp³-hybridized carbons (Fsp3) is 0. The Kier molecular flexibility index (Phi) is 6.62. The smallest absolute Gasteiger partial charge is 0.0835 e. The molecule has 0 bridgehead atoms. The zero-order valence-electron chi connectivity index (χ0n) is 17.5. The molecule has 3 heteroatoms. The second kappa shape index (κ2) is 9.94. The van der Waals surface area contributed by atoms with Crippen LogP contribution in [-0.2, 0) is 10.8 Å². The molecular weight excluding hydrogens is 427 g/mol. The van der Waals surface area contributed by atoms with Crippen molar-refractivity contribution in [2.75, 3.05) is 0 Å². The largest absolute Gasteiger partial charge is 0.254 e. The third-order valence-corrected chi connectivity index (χ3v) is 9.35. The first kappa shape index (κ1) is 21.3. The molecule has 1 nitrogen and oxygen atoms in total. The van der Waals surface area contributed by atoms with Crippen LogP contribution in [0, 0.1) is 30.4 Å². The van der Waals surface area contributed by atoms with Gasteiger partial charge in [0.1, 0.15) is 0 Å². The predicted octanol–water partition coefficient (Wildman–Crippen LogP) is 5.33.